The highest BCUT2D eigenvalue weighted by molar-refractivity contribution is 5.04. The van der Waals surface area contributed by atoms with Crippen LogP contribution in [0.2, 0.25) is 0 Å². The molecule has 0 saturated carbocycles. The number of nitrogens with zero attached hydrogens (tertiary/aromatic N) is 1. The first-order valence-electron chi connectivity index (χ1n) is 3.42. The van der Waals surface area contributed by atoms with Crippen LogP contribution in [-0.4, -0.2) is 13.2 Å². The van der Waals surface area contributed by atoms with Gasteiger partial charge in [0.2, 0.25) is 0 Å². The van der Waals surface area contributed by atoms with Crippen LogP contribution in [0, 0.1) is 4.91 Å². The van der Waals surface area contributed by atoms with Gasteiger partial charge in [-0.1, -0.05) is 6.08 Å². The van der Waals surface area contributed by atoms with E-state index in [1.165, 1.54) is 0 Å². The van der Waals surface area contributed by atoms with Crippen LogP contribution in [0.5, 0.6) is 0 Å². The molecule has 0 fully saturated rings. The van der Waals surface area contributed by atoms with Crippen molar-refractivity contribution in [2.75, 3.05) is 7.11 Å². The summed E-state index contributed by atoms with van der Waals surface area (Å²) >= 11 is 0. The summed E-state index contributed by atoms with van der Waals surface area (Å²) in [5.74, 6) is 0. The standard InChI is InChI=1S/C7H11NO2/c1-10-7-4-2-6(8-9)3-5-7/h2,7H,3-5H2,1H3. The molecule has 0 aromatic heterocycles. The van der Waals surface area contributed by atoms with Gasteiger partial charge in [-0.05, 0) is 24.4 Å². The molecule has 0 heterocycles. The molecule has 3 nitrogen and oxygen atoms in total. The average Bonchev–Trinajstić information content (AvgIpc) is 2.05. The van der Waals surface area contributed by atoms with Crippen LogP contribution in [0.25, 0.3) is 0 Å². The Bertz CT molecular complexity index is 154. The highest BCUT2D eigenvalue weighted by Gasteiger charge is 2.12. The minimum absolute atomic E-state index is 0.297. The van der Waals surface area contributed by atoms with Crippen molar-refractivity contribution >= 4 is 0 Å². The maximum atomic E-state index is 10.00. The van der Waals surface area contributed by atoms with E-state index >= 15 is 0 Å². The third-order valence-corrected chi connectivity index (χ3v) is 1.79. The van der Waals surface area contributed by atoms with Crippen molar-refractivity contribution in [3.63, 3.8) is 0 Å². The second kappa shape index (κ2) is 3.46. The predicted molar refractivity (Wildman–Crippen MR) is 38.5 cm³/mol. The molecule has 1 aliphatic rings. The summed E-state index contributed by atoms with van der Waals surface area (Å²) in [4.78, 5) is 10.00. The molecule has 10 heavy (non-hydrogen) atoms. The Hall–Kier alpha value is -0.700. The number of hydrogen-bond acceptors (Lipinski definition) is 3. The SMILES string of the molecule is COC1CC=C(N=O)CC1. The summed E-state index contributed by atoms with van der Waals surface area (Å²) in [6.07, 6.45) is 4.67. The first-order valence-corrected chi connectivity index (χ1v) is 3.42. The molecule has 0 aromatic rings. The molecule has 56 valence electrons. The smallest absolute Gasteiger partial charge is 0.0811 e. The average molecular weight is 141 g/mol. The molecule has 3 heteroatoms. The maximum absolute atomic E-state index is 10.00. The fourth-order valence-corrected chi connectivity index (χ4v) is 1.09. The normalized spacial score (nSPS) is 25.7. The summed E-state index contributed by atoms with van der Waals surface area (Å²) in [6.45, 7) is 0. The quantitative estimate of drug-likeness (QED) is 0.550. The lowest BCUT2D eigenvalue weighted by molar-refractivity contribution is 0.0939. The Kier molecular flexibility index (Phi) is 2.57. The highest BCUT2D eigenvalue weighted by Crippen LogP contribution is 2.20. The molecule has 1 rings (SSSR count). The number of nitroso groups, excluding NO2 is 1. The molecule has 0 N–H and O–H groups in total. The van der Waals surface area contributed by atoms with Gasteiger partial charge in [0.05, 0.1) is 11.8 Å². The molecule has 0 saturated heterocycles. The van der Waals surface area contributed by atoms with Crippen molar-refractivity contribution in [1.29, 1.82) is 0 Å². The molecular weight excluding hydrogens is 130 g/mol. The Morgan fingerprint density at radius 2 is 2.60 bits per heavy atom. The van der Waals surface area contributed by atoms with Gasteiger partial charge >= 0.3 is 0 Å². The van der Waals surface area contributed by atoms with Crippen LogP contribution < -0.4 is 0 Å². The van der Waals surface area contributed by atoms with Gasteiger partial charge in [-0.2, -0.15) is 0 Å². The number of allylic oxidation sites excluding steroid dienone is 1. The molecule has 1 aliphatic carbocycles. The van der Waals surface area contributed by atoms with Crippen molar-refractivity contribution in [3.8, 4) is 0 Å². The third-order valence-electron chi connectivity index (χ3n) is 1.79. The van der Waals surface area contributed by atoms with Gasteiger partial charge in [0.25, 0.3) is 0 Å². The molecule has 1 atom stereocenters. The third kappa shape index (κ3) is 1.64. The van der Waals surface area contributed by atoms with E-state index in [2.05, 4.69) is 5.18 Å². The fourth-order valence-electron chi connectivity index (χ4n) is 1.09. The zero-order valence-electron chi connectivity index (χ0n) is 6.04. The van der Waals surface area contributed by atoms with Crippen LogP contribution in [0.15, 0.2) is 16.9 Å². The number of rotatable bonds is 2. The Labute approximate surface area is 60.0 Å². The van der Waals surface area contributed by atoms with Crippen LogP contribution in [0.4, 0.5) is 0 Å². The van der Waals surface area contributed by atoms with Gasteiger partial charge in [-0.15, -0.1) is 4.91 Å². The van der Waals surface area contributed by atoms with E-state index in [4.69, 9.17) is 4.74 Å². The summed E-state index contributed by atoms with van der Waals surface area (Å²) in [6, 6.07) is 0. The number of hydrogen-bond donors (Lipinski definition) is 0. The molecule has 0 aliphatic heterocycles. The zero-order valence-corrected chi connectivity index (χ0v) is 6.04. The van der Waals surface area contributed by atoms with Crippen LogP contribution in [0.1, 0.15) is 19.3 Å². The molecule has 0 spiro atoms. The van der Waals surface area contributed by atoms with E-state index in [0.717, 1.165) is 19.3 Å². The Morgan fingerprint density at radius 1 is 1.80 bits per heavy atom. The molecule has 0 bridgehead atoms. The maximum Gasteiger partial charge on any atom is 0.0811 e. The van der Waals surface area contributed by atoms with E-state index in [-0.39, 0.29) is 0 Å². The van der Waals surface area contributed by atoms with E-state index in [0.29, 0.717) is 11.8 Å². The Balaban J connectivity index is 2.43. The van der Waals surface area contributed by atoms with Crippen LogP contribution in [0.3, 0.4) is 0 Å². The molecular formula is C7H11NO2. The van der Waals surface area contributed by atoms with Gasteiger partial charge in [0.15, 0.2) is 0 Å². The fraction of sp³-hybridized carbons (Fsp3) is 0.714. The summed E-state index contributed by atoms with van der Waals surface area (Å²) in [7, 11) is 1.69. The summed E-state index contributed by atoms with van der Waals surface area (Å²) in [5, 5.41) is 2.87. The second-order valence-electron chi connectivity index (χ2n) is 2.42. The number of ether oxygens (including phenoxy) is 1. The molecule has 0 aromatic carbocycles. The predicted octanol–water partition coefficient (Wildman–Crippen LogP) is 1.84. The largest absolute Gasteiger partial charge is 0.381 e. The summed E-state index contributed by atoms with van der Waals surface area (Å²) < 4.78 is 5.10. The zero-order chi connectivity index (χ0) is 7.40. The van der Waals surface area contributed by atoms with Crippen molar-refractivity contribution < 1.29 is 4.74 Å². The topological polar surface area (TPSA) is 38.7 Å². The van der Waals surface area contributed by atoms with E-state index in [1.807, 2.05) is 6.08 Å². The van der Waals surface area contributed by atoms with Crippen molar-refractivity contribution in [1.82, 2.24) is 0 Å². The monoisotopic (exact) mass is 141 g/mol. The van der Waals surface area contributed by atoms with Gasteiger partial charge in [0, 0.05) is 7.11 Å². The van der Waals surface area contributed by atoms with Crippen molar-refractivity contribution in [2.24, 2.45) is 5.18 Å². The molecule has 0 amide bonds. The van der Waals surface area contributed by atoms with Crippen molar-refractivity contribution in [3.05, 3.63) is 16.7 Å². The van der Waals surface area contributed by atoms with Crippen LogP contribution >= 0.6 is 0 Å². The van der Waals surface area contributed by atoms with Gasteiger partial charge in [0.1, 0.15) is 0 Å². The lowest BCUT2D eigenvalue weighted by Crippen LogP contribution is -2.12. The Morgan fingerprint density at radius 3 is 3.00 bits per heavy atom. The van der Waals surface area contributed by atoms with Crippen LogP contribution in [-0.2, 0) is 4.74 Å². The van der Waals surface area contributed by atoms with E-state index in [9.17, 15) is 4.91 Å². The minimum Gasteiger partial charge on any atom is -0.381 e. The van der Waals surface area contributed by atoms with Crippen molar-refractivity contribution in [2.45, 2.75) is 25.4 Å². The molecule has 0 radical (unpaired) electrons. The first-order chi connectivity index (χ1) is 4.86. The van der Waals surface area contributed by atoms with E-state index in [1.54, 1.807) is 7.11 Å². The number of methoxy groups -OCH3 is 1. The first kappa shape index (κ1) is 7.41. The highest BCUT2D eigenvalue weighted by atomic mass is 16.5. The van der Waals surface area contributed by atoms with Gasteiger partial charge < -0.3 is 4.74 Å². The van der Waals surface area contributed by atoms with Gasteiger partial charge in [-0.25, -0.2) is 0 Å². The molecule has 1 unspecified atom stereocenters. The minimum atomic E-state index is 0.297. The van der Waals surface area contributed by atoms with E-state index < -0.39 is 0 Å². The van der Waals surface area contributed by atoms with Gasteiger partial charge in [-0.3, -0.25) is 0 Å². The summed E-state index contributed by atoms with van der Waals surface area (Å²) in [5.41, 5.74) is 0.674. The second-order valence-corrected chi connectivity index (χ2v) is 2.42. The lowest BCUT2D eigenvalue weighted by atomic mass is 10.0. The lowest BCUT2D eigenvalue weighted by Gasteiger charge is -2.16.